The molecule has 0 radical (unpaired) electrons. The molecular formula is C18H21N3O3. The Labute approximate surface area is 141 Å². The summed E-state index contributed by atoms with van der Waals surface area (Å²) < 4.78 is 0. The second-order valence-corrected chi connectivity index (χ2v) is 5.60. The van der Waals surface area contributed by atoms with Gasteiger partial charge in [0.1, 0.15) is 5.69 Å². The van der Waals surface area contributed by atoms with E-state index in [2.05, 4.69) is 10.6 Å². The first-order valence-electron chi connectivity index (χ1n) is 7.82. The standard InChI is InChI=1S/C18H21N3O3/c1-13-7-5-9-15(14(13)2)20-18(22)11-6-12-19-16-8-3-4-10-17(16)21(23)24/h3-5,7-10,19H,6,11-12H2,1-2H3,(H,20,22). The molecule has 24 heavy (non-hydrogen) atoms. The van der Waals surface area contributed by atoms with Gasteiger partial charge in [-0.3, -0.25) is 14.9 Å². The fourth-order valence-electron chi connectivity index (χ4n) is 2.35. The van der Waals surface area contributed by atoms with Gasteiger partial charge >= 0.3 is 0 Å². The maximum absolute atomic E-state index is 12.0. The van der Waals surface area contributed by atoms with Gasteiger partial charge in [0.05, 0.1) is 4.92 Å². The molecule has 0 atom stereocenters. The van der Waals surface area contributed by atoms with Crippen LogP contribution in [0.25, 0.3) is 0 Å². The van der Waals surface area contributed by atoms with Crippen molar-refractivity contribution in [3.8, 4) is 0 Å². The summed E-state index contributed by atoms with van der Waals surface area (Å²) >= 11 is 0. The number of carbonyl (C=O) groups is 1. The average Bonchev–Trinajstić information content (AvgIpc) is 2.56. The van der Waals surface area contributed by atoms with Crippen LogP contribution in [0.15, 0.2) is 42.5 Å². The lowest BCUT2D eigenvalue weighted by molar-refractivity contribution is -0.384. The van der Waals surface area contributed by atoms with Gasteiger partial charge in [-0.25, -0.2) is 0 Å². The summed E-state index contributed by atoms with van der Waals surface area (Å²) in [6, 6.07) is 12.3. The Morgan fingerprint density at radius 3 is 2.54 bits per heavy atom. The van der Waals surface area contributed by atoms with Crippen molar-refractivity contribution in [1.29, 1.82) is 0 Å². The van der Waals surface area contributed by atoms with E-state index in [1.165, 1.54) is 6.07 Å². The number of amides is 1. The van der Waals surface area contributed by atoms with Crippen molar-refractivity contribution < 1.29 is 9.72 Å². The van der Waals surface area contributed by atoms with Crippen molar-refractivity contribution in [2.75, 3.05) is 17.2 Å². The SMILES string of the molecule is Cc1cccc(NC(=O)CCCNc2ccccc2[N+](=O)[O-])c1C. The van der Waals surface area contributed by atoms with Crippen LogP contribution in [0.5, 0.6) is 0 Å². The molecule has 2 aromatic rings. The Bertz CT molecular complexity index is 744. The van der Waals surface area contributed by atoms with E-state index in [9.17, 15) is 14.9 Å². The second kappa shape index (κ2) is 8.10. The summed E-state index contributed by atoms with van der Waals surface area (Å²) in [7, 11) is 0. The summed E-state index contributed by atoms with van der Waals surface area (Å²) in [5, 5.41) is 16.8. The van der Waals surface area contributed by atoms with Crippen LogP contribution in [0.2, 0.25) is 0 Å². The molecule has 0 aliphatic carbocycles. The number of hydrogen-bond acceptors (Lipinski definition) is 4. The zero-order chi connectivity index (χ0) is 17.5. The lowest BCUT2D eigenvalue weighted by Crippen LogP contribution is -2.14. The zero-order valence-electron chi connectivity index (χ0n) is 13.8. The fourth-order valence-corrected chi connectivity index (χ4v) is 2.35. The zero-order valence-corrected chi connectivity index (χ0v) is 13.8. The molecular weight excluding hydrogens is 306 g/mol. The molecule has 2 aromatic carbocycles. The number of nitrogens with zero attached hydrogens (tertiary/aromatic N) is 1. The third-order valence-electron chi connectivity index (χ3n) is 3.88. The predicted octanol–water partition coefficient (Wildman–Crippen LogP) is 4.04. The molecule has 0 aromatic heterocycles. The van der Waals surface area contributed by atoms with Crippen molar-refractivity contribution in [2.45, 2.75) is 26.7 Å². The highest BCUT2D eigenvalue weighted by Crippen LogP contribution is 2.23. The fraction of sp³-hybridized carbons (Fsp3) is 0.278. The largest absolute Gasteiger partial charge is 0.379 e. The molecule has 0 saturated carbocycles. The van der Waals surface area contributed by atoms with Crippen LogP contribution in [-0.2, 0) is 4.79 Å². The van der Waals surface area contributed by atoms with E-state index < -0.39 is 4.92 Å². The predicted molar refractivity (Wildman–Crippen MR) is 95.4 cm³/mol. The van der Waals surface area contributed by atoms with Crippen LogP contribution < -0.4 is 10.6 Å². The molecule has 1 amide bonds. The van der Waals surface area contributed by atoms with Crippen molar-refractivity contribution in [3.63, 3.8) is 0 Å². The van der Waals surface area contributed by atoms with E-state index in [-0.39, 0.29) is 11.6 Å². The van der Waals surface area contributed by atoms with E-state index in [1.54, 1.807) is 18.2 Å². The van der Waals surface area contributed by atoms with E-state index in [0.717, 1.165) is 16.8 Å². The molecule has 0 heterocycles. The second-order valence-electron chi connectivity index (χ2n) is 5.60. The van der Waals surface area contributed by atoms with Crippen LogP contribution in [0.1, 0.15) is 24.0 Å². The smallest absolute Gasteiger partial charge is 0.292 e. The lowest BCUT2D eigenvalue weighted by atomic mass is 10.1. The van der Waals surface area contributed by atoms with E-state index >= 15 is 0 Å². The number of carbonyl (C=O) groups excluding carboxylic acids is 1. The maximum atomic E-state index is 12.0. The van der Waals surface area contributed by atoms with Gasteiger partial charge < -0.3 is 10.6 Å². The lowest BCUT2D eigenvalue weighted by Gasteiger charge is -2.11. The van der Waals surface area contributed by atoms with E-state index in [4.69, 9.17) is 0 Å². The Hall–Kier alpha value is -2.89. The monoisotopic (exact) mass is 327 g/mol. The molecule has 2 rings (SSSR count). The molecule has 6 nitrogen and oxygen atoms in total. The van der Waals surface area contributed by atoms with Gasteiger partial charge in [-0.2, -0.15) is 0 Å². The van der Waals surface area contributed by atoms with Crippen LogP contribution >= 0.6 is 0 Å². The van der Waals surface area contributed by atoms with Crippen molar-refractivity contribution >= 4 is 23.0 Å². The van der Waals surface area contributed by atoms with Crippen molar-refractivity contribution in [3.05, 3.63) is 63.7 Å². The highest BCUT2D eigenvalue weighted by molar-refractivity contribution is 5.91. The first-order chi connectivity index (χ1) is 11.5. The van der Waals surface area contributed by atoms with Gasteiger partial charge in [0, 0.05) is 24.7 Å². The summed E-state index contributed by atoms with van der Waals surface area (Å²) in [4.78, 5) is 22.5. The molecule has 0 unspecified atom stereocenters. The summed E-state index contributed by atoms with van der Waals surface area (Å²) in [6.45, 7) is 4.47. The number of nitro groups is 1. The van der Waals surface area contributed by atoms with Gasteiger partial charge in [0.15, 0.2) is 0 Å². The first-order valence-corrected chi connectivity index (χ1v) is 7.82. The minimum Gasteiger partial charge on any atom is -0.379 e. The van der Waals surface area contributed by atoms with Gasteiger partial charge in [0.25, 0.3) is 5.69 Å². The molecule has 0 aliphatic rings. The van der Waals surface area contributed by atoms with Gasteiger partial charge in [0.2, 0.25) is 5.91 Å². The molecule has 6 heteroatoms. The van der Waals surface area contributed by atoms with Crippen LogP contribution in [0.4, 0.5) is 17.1 Å². The topological polar surface area (TPSA) is 84.3 Å². The number of rotatable bonds is 7. The normalized spacial score (nSPS) is 10.2. The summed E-state index contributed by atoms with van der Waals surface area (Å²) in [5.41, 5.74) is 3.52. The Balaban J connectivity index is 1.81. The van der Waals surface area contributed by atoms with E-state index in [1.807, 2.05) is 32.0 Å². The van der Waals surface area contributed by atoms with Crippen LogP contribution in [0.3, 0.4) is 0 Å². The summed E-state index contributed by atoms with van der Waals surface area (Å²) in [6.07, 6.45) is 0.934. The average molecular weight is 327 g/mol. The van der Waals surface area contributed by atoms with Crippen molar-refractivity contribution in [1.82, 2.24) is 0 Å². The molecule has 0 aliphatic heterocycles. The molecule has 0 spiro atoms. The molecule has 2 N–H and O–H groups in total. The highest BCUT2D eigenvalue weighted by Gasteiger charge is 2.11. The molecule has 0 saturated heterocycles. The minimum atomic E-state index is -0.421. The quantitative estimate of drug-likeness (QED) is 0.456. The highest BCUT2D eigenvalue weighted by atomic mass is 16.6. The first kappa shape index (κ1) is 17.5. The molecule has 0 fully saturated rings. The van der Waals surface area contributed by atoms with Crippen LogP contribution in [-0.4, -0.2) is 17.4 Å². The Morgan fingerprint density at radius 2 is 1.79 bits per heavy atom. The number of para-hydroxylation sites is 2. The van der Waals surface area contributed by atoms with Crippen molar-refractivity contribution in [2.24, 2.45) is 0 Å². The van der Waals surface area contributed by atoms with Crippen LogP contribution in [0, 0.1) is 24.0 Å². The number of nitrogens with one attached hydrogen (secondary N) is 2. The summed E-state index contributed by atoms with van der Waals surface area (Å²) in [5.74, 6) is -0.0620. The number of anilines is 2. The van der Waals surface area contributed by atoms with Gasteiger partial charge in [-0.1, -0.05) is 24.3 Å². The van der Waals surface area contributed by atoms with Gasteiger partial charge in [-0.15, -0.1) is 0 Å². The third-order valence-corrected chi connectivity index (χ3v) is 3.88. The number of hydrogen-bond donors (Lipinski definition) is 2. The number of benzene rings is 2. The number of nitro benzene ring substituents is 1. The van der Waals surface area contributed by atoms with E-state index in [0.29, 0.717) is 25.1 Å². The molecule has 0 bridgehead atoms. The minimum absolute atomic E-state index is 0.0392. The molecule has 126 valence electrons. The Kier molecular flexibility index (Phi) is 5.89. The Morgan fingerprint density at radius 1 is 1.08 bits per heavy atom. The maximum Gasteiger partial charge on any atom is 0.292 e. The van der Waals surface area contributed by atoms with Gasteiger partial charge in [-0.05, 0) is 43.5 Å². The third kappa shape index (κ3) is 4.55. The number of aryl methyl sites for hydroxylation is 1.